The average Bonchev–Trinajstić information content (AvgIpc) is 2.83. The molecule has 9 heteroatoms. The predicted molar refractivity (Wildman–Crippen MR) is 131 cm³/mol. The fourth-order valence-electron chi connectivity index (χ4n) is 3.63. The molecule has 1 atom stereocenters. The highest BCUT2D eigenvalue weighted by Gasteiger charge is 2.37. The Hall–Kier alpha value is -3.23. The molecule has 0 radical (unpaired) electrons. The first-order chi connectivity index (χ1) is 16.3. The van der Waals surface area contributed by atoms with Crippen molar-refractivity contribution in [3.05, 3.63) is 82.9 Å². The summed E-state index contributed by atoms with van der Waals surface area (Å²) in [5.74, 6) is 0.658. The lowest BCUT2D eigenvalue weighted by atomic mass is 10.1. The highest BCUT2D eigenvalue weighted by molar-refractivity contribution is 7.92. The van der Waals surface area contributed by atoms with Gasteiger partial charge in [0.25, 0.3) is 15.9 Å². The van der Waals surface area contributed by atoms with Crippen LogP contribution in [0.3, 0.4) is 0 Å². The molecule has 0 saturated heterocycles. The lowest BCUT2D eigenvalue weighted by Gasteiger charge is -2.34. The first kappa shape index (κ1) is 23.9. The fraction of sp³-hybridized carbons (Fsp3) is 0.240. The summed E-state index contributed by atoms with van der Waals surface area (Å²) in [6.45, 7) is 4.34. The van der Waals surface area contributed by atoms with E-state index in [0.29, 0.717) is 16.5 Å². The van der Waals surface area contributed by atoms with E-state index in [1.54, 1.807) is 24.3 Å². The number of aryl methyl sites for hydroxylation is 1. The van der Waals surface area contributed by atoms with Crippen LogP contribution in [-0.4, -0.2) is 40.1 Å². The Morgan fingerprint density at radius 1 is 1.09 bits per heavy atom. The van der Waals surface area contributed by atoms with Crippen LogP contribution in [0, 0.1) is 13.8 Å². The number of amides is 1. The molecule has 1 N–H and O–H groups in total. The van der Waals surface area contributed by atoms with Crippen molar-refractivity contribution in [3.63, 3.8) is 0 Å². The zero-order chi connectivity index (χ0) is 24.3. The minimum absolute atomic E-state index is 0.0784. The van der Waals surface area contributed by atoms with Gasteiger partial charge in [0.2, 0.25) is 0 Å². The number of sulfonamides is 1. The number of nitrogens with one attached hydrogen (secondary N) is 1. The Morgan fingerprint density at radius 2 is 1.82 bits per heavy atom. The Bertz CT molecular complexity index is 1290. The molecule has 0 bridgehead atoms. The van der Waals surface area contributed by atoms with Crippen LogP contribution in [0.25, 0.3) is 0 Å². The Balaban J connectivity index is 1.46. The number of fused-ring (bicyclic) bond motifs is 1. The molecule has 1 aliphatic rings. The lowest BCUT2D eigenvalue weighted by molar-refractivity contribution is -0.127. The summed E-state index contributed by atoms with van der Waals surface area (Å²) < 4.78 is 39.6. The van der Waals surface area contributed by atoms with Gasteiger partial charge in [0.05, 0.1) is 23.7 Å². The smallest absolute Gasteiger partial charge is 0.264 e. The molecule has 178 valence electrons. The van der Waals surface area contributed by atoms with Gasteiger partial charge in [0.1, 0.15) is 18.1 Å². The quantitative estimate of drug-likeness (QED) is 0.493. The van der Waals surface area contributed by atoms with Crippen LogP contribution in [0.5, 0.6) is 11.5 Å². The predicted octanol–water partition coefficient (Wildman–Crippen LogP) is 4.11. The number of carbonyl (C=O) groups excluding carboxylic acids is 1. The molecule has 1 heterocycles. The molecule has 3 aromatic rings. The molecule has 1 amide bonds. The van der Waals surface area contributed by atoms with Crippen LogP contribution < -0.4 is 19.1 Å². The van der Waals surface area contributed by atoms with Gasteiger partial charge >= 0.3 is 0 Å². The number of hydrogen-bond donors (Lipinski definition) is 1. The number of carbonyl (C=O) groups is 1. The van der Waals surface area contributed by atoms with E-state index in [2.05, 4.69) is 5.32 Å². The van der Waals surface area contributed by atoms with E-state index in [9.17, 15) is 13.2 Å². The van der Waals surface area contributed by atoms with Crippen molar-refractivity contribution in [2.24, 2.45) is 0 Å². The SMILES string of the molecule is Cc1cccc(OCCNC(=O)[C@@H]2CN(S(=O)(=O)c3ccc(Cl)cc3)c3ccccc3O2)c1C. The van der Waals surface area contributed by atoms with E-state index in [1.165, 1.54) is 28.6 Å². The number of nitrogens with zero attached hydrogens (tertiary/aromatic N) is 1. The van der Waals surface area contributed by atoms with E-state index < -0.39 is 22.0 Å². The van der Waals surface area contributed by atoms with Crippen molar-refractivity contribution >= 4 is 33.2 Å². The summed E-state index contributed by atoms with van der Waals surface area (Å²) in [4.78, 5) is 12.9. The molecule has 1 aliphatic heterocycles. The maximum Gasteiger partial charge on any atom is 0.264 e. The second-order valence-corrected chi connectivity index (χ2v) is 10.2. The van der Waals surface area contributed by atoms with Gasteiger partial charge in [-0.05, 0) is 67.4 Å². The number of rotatable bonds is 7. The topological polar surface area (TPSA) is 84.9 Å². The molecule has 0 saturated carbocycles. The first-order valence-corrected chi connectivity index (χ1v) is 12.6. The zero-order valence-electron chi connectivity index (χ0n) is 18.8. The summed E-state index contributed by atoms with van der Waals surface area (Å²) in [5, 5.41) is 3.21. The Labute approximate surface area is 204 Å². The van der Waals surface area contributed by atoms with Crippen LogP contribution in [-0.2, 0) is 14.8 Å². The summed E-state index contributed by atoms with van der Waals surface area (Å²) in [6, 6.07) is 18.4. The van der Waals surface area contributed by atoms with E-state index in [-0.39, 0.29) is 24.6 Å². The van der Waals surface area contributed by atoms with Gasteiger partial charge in [-0.25, -0.2) is 8.42 Å². The van der Waals surface area contributed by atoms with Crippen LogP contribution in [0.15, 0.2) is 71.6 Å². The second kappa shape index (κ2) is 9.95. The van der Waals surface area contributed by atoms with E-state index in [1.807, 2.05) is 32.0 Å². The van der Waals surface area contributed by atoms with E-state index in [0.717, 1.165) is 16.9 Å². The summed E-state index contributed by atoms with van der Waals surface area (Å²) >= 11 is 5.92. The second-order valence-electron chi connectivity index (χ2n) is 7.90. The maximum absolute atomic E-state index is 13.4. The molecule has 0 fully saturated rings. The first-order valence-electron chi connectivity index (χ1n) is 10.8. The Morgan fingerprint density at radius 3 is 2.59 bits per heavy atom. The number of hydrogen-bond acceptors (Lipinski definition) is 5. The number of para-hydroxylation sites is 2. The number of halogens is 1. The van der Waals surface area contributed by atoms with Crippen molar-refractivity contribution in [1.82, 2.24) is 5.32 Å². The van der Waals surface area contributed by atoms with Crippen LogP contribution in [0.4, 0.5) is 5.69 Å². The third-order valence-corrected chi connectivity index (χ3v) is 7.69. The molecule has 4 rings (SSSR count). The molecule has 34 heavy (non-hydrogen) atoms. The van der Waals surface area contributed by atoms with Gasteiger partial charge in [0, 0.05) is 5.02 Å². The lowest BCUT2D eigenvalue weighted by Crippen LogP contribution is -2.51. The molecule has 7 nitrogen and oxygen atoms in total. The average molecular weight is 501 g/mol. The maximum atomic E-state index is 13.4. The van der Waals surface area contributed by atoms with Gasteiger partial charge in [-0.15, -0.1) is 0 Å². The van der Waals surface area contributed by atoms with Crippen LogP contribution in [0.1, 0.15) is 11.1 Å². The van der Waals surface area contributed by atoms with Crippen molar-refractivity contribution in [2.75, 3.05) is 24.0 Å². The third-order valence-electron chi connectivity index (χ3n) is 5.64. The Kier molecular flexibility index (Phi) is 7.00. The van der Waals surface area contributed by atoms with E-state index in [4.69, 9.17) is 21.1 Å². The summed E-state index contributed by atoms with van der Waals surface area (Å²) in [7, 11) is -3.94. The van der Waals surface area contributed by atoms with Crippen LogP contribution >= 0.6 is 11.6 Å². The fourth-order valence-corrected chi connectivity index (χ4v) is 5.23. The largest absolute Gasteiger partial charge is 0.491 e. The summed E-state index contributed by atoms with van der Waals surface area (Å²) in [5.41, 5.74) is 2.54. The van der Waals surface area contributed by atoms with Gasteiger partial charge < -0.3 is 14.8 Å². The summed E-state index contributed by atoms with van der Waals surface area (Å²) in [6.07, 6.45) is -1.02. The highest BCUT2D eigenvalue weighted by Crippen LogP contribution is 2.37. The molecule has 3 aromatic carbocycles. The minimum atomic E-state index is -3.94. The minimum Gasteiger partial charge on any atom is -0.491 e. The highest BCUT2D eigenvalue weighted by atomic mass is 35.5. The van der Waals surface area contributed by atoms with Crippen LogP contribution in [0.2, 0.25) is 5.02 Å². The van der Waals surface area contributed by atoms with Crippen molar-refractivity contribution < 1.29 is 22.7 Å². The number of anilines is 1. The number of benzene rings is 3. The monoisotopic (exact) mass is 500 g/mol. The molecule has 0 unspecified atom stereocenters. The molecule has 0 aliphatic carbocycles. The van der Waals surface area contributed by atoms with Crippen molar-refractivity contribution in [2.45, 2.75) is 24.8 Å². The van der Waals surface area contributed by atoms with Gasteiger partial charge in [-0.1, -0.05) is 35.9 Å². The van der Waals surface area contributed by atoms with Crippen molar-refractivity contribution in [1.29, 1.82) is 0 Å². The molecular formula is C25H25ClN2O5S. The van der Waals surface area contributed by atoms with Gasteiger partial charge in [0.15, 0.2) is 6.10 Å². The molecule has 0 spiro atoms. The van der Waals surface area contributed by atoms with Crippen molar-refractivity contribution in [3.8, 4) is 11.5 Å². The standard InChI is InChI=1S/C25H25ClN2O5S/c1-17-6-5-9-22(18(17)2)32-15-14-27-25(29)24-16-28(21-7-3-4-8-23(21)33-24)34(30,31)20-12-10-19(26)11-13-20/h3-13,24H,14-16H2,1-2H3,(H,27,29)/t24-/m0/s1. The molecular weight excluding hydrogens is 476 g/mol. The normalized spacial score (nSPS) is 15.3. The van der Waals surface area contributed by atoms with E-state index >= 15 is 0 Å². The third kappa shape index (κ3) is 4.98. The number of ether oxygens (including phenoxy) is 2. The molecule has 0 aromatic heterocycles. The van der Waals surface area contributed by atoms with Gasteiger partial charge in [-0.3, -0.25) is 9.10 Å². The van der Waals surface area contributed by atoms with Gasteiger partial charge in [-0.2, -0.15) is 0 Å². The zero-order valence-corrected chi connectivity index (χ0v) is 20.4.